The third kappa shape index (κ3) is 4.41. The molecule has 0 aromatic heterocycles. The predicted octanol–water partition coefficient (Wildman–Crippen LogP) is 4.94. The normalized spacial score (nSPS) is 11.0. The van der Waals surface area contributed by atoms with E-state index in [9.17, 15) is 23.3 Å². The van der Waals surface area contributed by atoms with E-state index < -0.39 is 39.4 Å². The Kier molecular flexibility index (Phi) is 5.88. The van der Waals surface area contributed by atoms with Gasteiger partial charge in [-0.3, -0.25) is 10.1 Å². The van der Waals surface area contributed by atoms with Crippen LogP contribution in [0.1, 0.15) is 5.56 Å². The first kappa shape index (κ1) is 19.0. The van der Waals surface area contributed by atoms with Crippen LogP contribution in [0.2, 0.25) is 0 Å². The molecule has 2 rings (SSSR count). The molecular formula is C16H12F3IN2O3. The van der Waals surface area contributed by atoms with Gasteiger partial charge in [0.2, 0.25) is 0 Å². The first-order valence-corrected chi connectivity index (χ1v) is 7.92. The fraction of sp³-hybridized carbons (Fsp3) is 0.125. The molecule has 9 heteroatoms. The molecule has 0 heterocycles. The molecule has 5 nitrogen and oxygen atoms in total. The lowest BCUT2D eigenvalue weighted by molar-refractivity contribution is -0.385. The van der Waals surface area contributed by atoms with Crippen molar-refractivity contribution in [1.82, 2.24) is 4.90 Å². The van der Waals surface area contributed by atoms with Crippen LogP contribution in [-0.4, -0.2) is 23.9 Å². The van der Waals surface area contributed by atoms with Crippen molar-refractivity contribution in [3.8, 4) is 11.5 Å². The van der Waals surface area contributed by atoms with Crippen molar-refractivity contribution in [3.63, 3.8) is 0 Å². The Balaban J connectivity index is 2.56. The maximum atomic E-state index is 14.7. The average molecular weight is 464 g/mol. The molecule has 0 bridgehead atoms. The molecule has 25 heavy (non-hydrogen) atoms. The number of hydrogen-bond acceptors (Lipinski definition) is 4. The van der Waals surface area contributed by atoms with Gasteiger partial charge in [0.15, 0.2) is 17.4 Å². The van der Waals surface area contributed by atoms with Gasteiger partial charge in [0.1, 0.15) is 11.6 Å². The third-order valence-corrected chi connectivity index (χ3v) is 3.87. The van der Waals surface area contributed by atoms with Crippen molar-refractivity contribution in [3.05, 3.63) is 67.2 Å². The Morgan fingerprint density at radius 3 is 2.44 bits per heavy atom. The van der Waals surface area contributed by atoms with E-state index in [0.29, 0.717) is 6.07 Å². The minimum Gasteiger partial charge on any atom is -0.451 e. The highest BCUT2D eigenvalue weighted by atomic mass is 127. The van der Waals surface area contributed by atoms with E-state index in [4.69, 9.17) is 4.74 Å². The van der Waals surface area contributed by atoms with Crippen LogP contribution in [-0.2, 0) is 0 Å². The first-order valence-electron chi connectivity index (χ1n) is 6.84. The number of nitro groups is 1. The summed E-state index contributed by atoms with van der Waals surface area (Å²) >= 11 is 1.70. The van der Waals surface area contributed by atoms with E-state index in [0.717, 1.165) is 12.1 Å². The molecular weight excluding hydrogens is 452 g/mol. The second-order valence-electron chi connectivity index (χ2n) is 5.15. The highest BCUT2D eigenvalue weighted by Crippen LogP contribution is 2.36. The van der Waals surface area contributed by atoms with Crippen molar-refractivity contribution in [2.45, 2.75) is 0 Å². The number of halogens is 4. The summed E-state index contributed by atoms with van der Waals surface area (Å²) in [6.07, 6.45) is 2.53. The zero-order valence-electron chi connectivity index (χ0n) is 13.1. The monoisotopic (exact) mass is 464 g/mol. The smallest absolute Gasteiger partial charge is 0.282 e. The molecule has 0 saturated carbocycles. The molecule has 0 amide bonds. The van der Waals surface area contributed by atoms with Crippen LogP contribution in [0.5, 0.6) is 11.5 Å². The topological polar surface area (TPSA) is 55.6 Å². The maximum Gasteiger partial charge on any atom is 0.282 e. The van der Waals surface area contributed by atoms with E-state index in [1.54, 1.807) is 36.7 Å². The number of rotatable bonds is 5. The van der Waals surface area contributed by atoms with Gasteiger partial charge >= 0.3 is 0 Å². The fourth-order valence-corrected chi connectivity index (χ4v) is 2.37. The maximum absolute atomic E-state index is 14.7. The van der Waals surface area contributed by atoms with Crippen LogP contribution < -0.4 is 4.74 Å². The van der Waals surface area contributed by atoms with E-state index in [1.807, 2.05) is 0 Å². The molecule has 0 radical (unpaired) electrons. The van der Waals surface area contributed by atoms with Crippen molar-refractivity contribution in [1.29, 1.82) is 0 Å². The molecule has 2 aromatic carbocycles. The lowest BCUT2D eigenvalue weighted by atomic mass is 10.1. The van der Waals surface area contributed by atoms with Crippen LogP contribution in [0, 0.1) is 31.1 Å². The molecule has 132 valence electrons. The van der Waals surface area contributed by atoms with Gasteiger partial charge in [-0.1, -0.05) is 0 Å². The number of nitro benzene ring substituents is 1. The fourth-order valence-electron chi connectivity index (χ4n) is 1.89. The van der Waals surface area contributed by atoms with Crippen molar-refractivity contribution >= 4 is 34.4 Å². The SMILES string of the molecule is CN(C)/C=C/c1c([N+](=O)[O-])cc(F)c(Oc2ccc(F)c(I)c2)c1F. The zero-order valence-corrected chi connectivity index (χ0v) is 15.3. The summed E-state index contributed by atoms with van der Waals surface area (Å²) in [4.78, 5) is 11.7. The zero-order chi connectivity index (χ0) is 18.7. The van der Waals surface area contributed by atoms with Crippen molar-refractivity contribution in [2.75, 3.05) is 14.1 Å². The van der Waals surface area contributed by atoms with Crippen molar-refractivity contribution in [2.24, 2.45) is 0 Å². The Bertz CT molecular complexity index is 857. The van der Waals surface area contributed by atoms with Crippen LogP contribution in [0.3, 0.4) is 0 Å². The van der Waals surface area contributed by atoms with Crippen LogP contribution in [0.25, 0.3) is 6.08 Å². The quantitative estimate of drug-likeness (QED) is 0.358. The molecule has 0 saturated heterocycles. The Labute approximate surface area is 155 Å². The first-order chi connectivity index (χ1) is 11.7. The minimum atomic E-state index is -1.23. The summed E-state index contributed by atoms with van der Waals surface area (Å²) in [5.41, 5.74) is -1.15. The summed E-state index contributed by atoms with van der Waals surface area (Å²) in [6, 6.07) is 4.13. The van der Waals surface area contributed by atoms with Gasteiger partial charge in [0.05, 0.1) is 20.1 Å². The largest absolute Gasteiger partial charge is 0.451 e. The van der Waals surface area contributed by atoms with Gasteiger partial charge < -0.3 is 9.64 Å². The number of benzene rings is 2. The van der Waals surface area contributed by atoms with Gasteiger partial charge in [-0.15, -0.1) is 0 Å². The molecule has 0 spiro atoms. The number of hydrogen-bond donors (Lipinski definition) is 0. The van der Waals surface area contributed by atoms with Crippen LogP contribution >= 0.6 is 22.6 Å². The van der Waals surface area contributed by atoms with E-state index in [2.05, 4.69) is 0 Å². The van der Waals surface area contributed by atoms with E-state index >= 15 is 0 Å². The van der Waals surface area contributed by atoms with Gasteiger partial charge in [-0.05, 0) is 53.1 Å². The third-order valence-electron chi connectivity index (χ3n) is 3.04. The molecule has 0 fully saturated rings. The second-order valence-corrected chi connectivity index (χ2v) is 6.31. The van der Waals surface area contributed by atoms with Gasteiger partial charge in [0.25, 0.3) is 5.69 Å². The molecule has 2 aromatic rings. The summed E-state index contributed by atoms with van der Waals surface area (Å²) < 4.78 is 47.4. The predicted molar refractivity (Wildman–Crippen MR) is 94.9 cm³/mol. The lowest BCUT2D eigenvalue weighted by Gasteiger charge is -2.11. The van der Waals surface area contributed by atoms with Gasteiger partial charge in [-0.2, -0.15) is 0 Å². The highest BCUT2D eigenvalue weighted by Gasteiger charge is 2.25. The van der Waals surface area contributed by atoms with Crippen LogP contribution in [0.4, 0.5) is 18.9 Å². The second kappa shape index (κ2) is 7.72. The molecule has 0 aliphatic carbocycles. The highest BCUT2D eigenvalue weighted by molar-refractivity contribution is 14.1. The van der Waals surface area contributed by atoms with E-state index in [1.165, 1.54) is 23.2 Å². The summed E-state index contributed by atoms with van der Waals surface area (Å²) in [5, 5.41) is 11.1. The summed E-state index contributed by atoms with van der Waals surface area (Å²) in [5.74, 6) is -3.76. The molecule has 0 aliphatic heterocycles. The lowest BCUT2D eigenvalue weighted by Crippen LogP contribution is -2.03. The molecule has 0 N–H and O–H groups in total. The molecule has 0 unspecified atom stereocenters. The van der Waals surface area contributed by atoms with Gasteiger partial charge in [-0.25, -0.2) is 13.2 Å². The van der Waals surface area contributed by atoms with Gasteiger partial charge in [0, 0.05) is 14.1 Å². The van der Waals surface area contributed by atoms with Crippen LogP contribution in [0.15, 0.2) is 30.5 Å². The Morgan fingerprint density at radius 2 is 1.88 bits per heavy atom. The van der Waals surface area contributed by atoms with Crippen molar-refractivity contribution < 1.29 is 22.8 Å². The Hall–Kier alpha value is -2.30. The average Bonchev–Trinajstić information content (AvgIpc) is 2.53. The summed E-state index contributed by atoms with van der Waals surface area (Å²) in [7, 11) is 3.28. The molecule has 0 atom stereocenters. The minimum absolute atomic E-state index is 0.00000719. The Morgan fingerprint density at radius 1 is 1.20 bits per heavy atom. The van der Waals surface area contributed by atoms with E-state index in [-0.39, 0.29) is 9.32 Å². The standard InChI is InChI=1S/C16H12F3IN2O3/c1-21(2)6-5-10-14(22(23)24)8-12(18)16(15(10)19)25-9-3-4-11(17)13(20)7-9/h3-8H,1-2H3/b6-5+. The summed E-state index contributed by atoms with van der Waals surface area (Å²) in [6.45, 7) is 0. The number of ether oxygens (including phenoxy) is 1. The molecule has 0 aliphatic rings. The number of nitrogens with zero attached hydrogens (tertiary/aromatic N) is 2.